The Morgan fingerprint density at radius 1 is 1.38 bits per heavy atom. The largest absolute Gasteiger partial charge is 0.416 e. The van der Waals surface area contributed by atoms with E-state index >= 15 is 0 Å². The zero-order chi connectivity index (χ0) is 17.8. The molecule has 0 spiro atoms. The van der Waals surface area contributed by atoms with Gasteiger partial charge < -0.3 is 15.2 Å². The number of alkyl halides is 3. The lowest BCUT2D eigenvalue weighted by Gasteiger charge is -2.28. The van der Waals surface area contributed by atoms with Crippen molar-refractivity contribution in [3.63, 3.8) is 0 Å². The highest BCUT2D eigenvalue weighted by Gasteiger charge is 2.43. The van der Waals surface area contributed by atoms with Crippen molar-refractivity contribution in [2.45, 2.75) is 38.4 Å². The number of hydrogen-bond acceptors (Lipinski definition) is 3. The molecule has 7 heteroatoms. The van der Waals surface area contributed by atoms with Crippen molar-refractivity contribution < 1.29 is 27.8 Å². The molecule has 0 unspecified atom stereocenters. The Bertz CT molecular complexity index is 547. The summed E-state index contributed by atoms with van der Waals surface area (Å²) in [5.41, 5.74) is -0.859. The van der Waals surface area contributed by atoms with Crippen molar-refractivity contribution >= 4 is 5.91 Å². The Hall–Kier alpha value is -1.60. The molecule has 24 heavy (non-hydrogen) atoms. The summed E-state index contributed by atoms with van der Waals surface area (Å²) in [5.74, 6) is -0.221. The van der Waals surface area contributed by atoms with Crippen LogP contribution in [0.25, 0.3) is 0 Å². The van der Waals surface area contributed by atoms with Crippen molar-refractivity contribution in [2.24, 2.45) is 5.41 Å². The lowest BCUT2D eigenvalue weighted by Crippen LogP contribution is -2.48. The summed E-state index contributed by atoms with van der Waals surface area (Å²) in [6.45, 7) is 2.36. The molecule has 1 saturated heterocycles. The molecule has 0 bridgehead atoms. The van der Waals surface area contributed by atoms with Gasteiger partial charge in [-0.1, -0.05) is 19.1 Å². The van der Waals surface area contributed by atoms with Gasteiger partial charge in [-0.25, -0.2) is 0 Å². The van der Waals surface area contributed by atoms with Gasteiger partial charge in [0.25, 0.3) is 0 Å². The summed E-state index contributed by atoms with van der Waals surface area (Å²) in [6, 6.07) is 4.53. The number of amides is 1. The van der Waals surface area contributed by atoms with E-state index in [1.807, 2.05) is 6.92 Å². The van der Waals surface area contributed by atoms with E-state index in [-0.39, 0.29) is 25.2 Å². The van der Waals surface area contributed by atoms with Crippen LogP contribution in [0.2, 0.25) is 0 Å². The zero-order valence-electron chi connectivity index (χ0n) is 13.5. The van der Waals surface area contributed by atoms with Gasteiger partial charge >= 0.3 is 6.18 Å². The van der Waals surface area contributed by atoms with Crippen LogP contribution in [-0.2, 0) is 22.1 Å². The quantitative estimate of drug-likeness (QED) is 0.833. The van der Waals surface area contributed by atoms with E-state index in [0.717, 1.165) is 12.1 Å². The Morgan fingerprint density at radius 3 is 2.50 bits per heavy atom. The minimum absolute atomic E-state index is 0.153. The molecule has 4 nitrogen and oxygen atoms in total. The topological polar surface area (TPSA) is 58.6 Å². The van der Waals surface area contributed by atoms with Crippen LogP contribution in [0.5, 0.6) is 0 Å². The van der Waals surface area contributed by atoms with Crippen LogP contribution in [0, 0.1) is 5.41 Å². The number of ether oxygens (including phenoxy) is 1. The summed E-state index contributed by atoms with van der Waals surface area (Å²) in [5, 5.41) is 12.1. The highest BCUT2D eigenvalue weighted by Crippen LogP contribution is 2.35. The molecule has 1 aromatic carbocycles. The second kappa shape index (κ2) is 7.53. The third kappa shape index (κ3) is 4.27. The van der Waals surface area contributed by atoms with Crippen molar-refractivity contribution in [3.8, 4) is 0 Å². The fourth-order valence-electron chi connectivity index (χ4n) is 2.82. The first-order valence-electron chi connectivity index (χ1n) is 7.96. The Morgan fingerprint density at radius 2 is 2.04 bits per heavy atom. The molecule has 0 radical (unpaired) electrons. The molecule has 0 aliphatic carbocycles. The SMILES string of the molecule is CC[C@H](CO)NC(=O)[C@]1(Cc2ccc(C(F)(F)F)cc2)CCOC1. The summed E-state index contributed by atoms with van der Waals surface area (Å²) in [4.78, 5) is 12.6. The molecule has 0 saturated carbocycles. The van der Waals surface area contributed by atoms with Crippen LogP contribution >= 0.6 is 0 Å². The van der Waals surface area contributed by atoms with Gasteiger partial charge in [0.2, 0.25) is 5.91 Å². The van der Waals surface area contributed by atoms with E-state index in [1.165, 1.54) is 12.1 Å². The summed E-state index contributed by atoms with van der Waals surface area (Å²) in [6.07, 6.45) is -2.97. The van der Waals surface area contributed by atoms with E-state index in [4.69, 9.17) is 4.74 Å². The fraction of sp³-hybridized carbons (Fsp3) is 0.588. The monoisotopic (exact) mass is 345 g/mol. The predicted molar refractivity (Wildman–Crippen MR) is 82.3 cm³/mol. The van der Waals surface area contributed by atoms with Crippen LogP contribution in [0.4, 0.5) is 13.2 Å². The minimum atomic E-state index is -4.38. The molecule has 0 aromatic heterocycles. The number of carbonyl (C=O) groups is 1. The van der Waals surface area contributed by atoms with Crippen LogP contribution in [0.3, 0.4) is 0 Å². The molecule has 1 amide bonds. The van der Waals surface area contributed by atoms with E-state index in [0.29, 0.717) is 31.4 Å². The molecule has 1 heterocycles. The van der Waals surface area contributed by atoms with Crippen molar-refractivity contribution in [3.05, 3.63) is 35.4 Å². The van der Waals surface area contributed by atoms with Crippen LogP contribution < -0.4 is 5.32 Å². The van der Waals surface area contributed by atoms with E-state index in [1.54, 1.807) is 0 Å². The highest BCUT2D eigenvalue weighted by molar-refractivity contribution is 5.83. The first kappa shape index (κ1) is 18.7. The third-order valence-electron chi connectivity index (χ3n) is 4.46. The average molecular weight is 345 g/mol. The number of aliphatic hydroxyl groups is 1. The van der Waals surface area contributed by atoms with Gasteiger partial charge in [0.1, 0.15) is 0 Å². The second-order valence-electron chi connectivity index (χ2n) is 6.22. The van der Waals surface area contributed by atoms with Crippen molar-refractivity contribution in [1.82, 2.24) is 5.32 Å². The van der Waals surface area contributed by atoms with E-state index in [9.17, 15) is 23.1 Å². The Kier molecular flexibility index (Phi) is 5.87. The van der Waals surface area contributed by atoms with Gasteiger partial charge in [-0.2, -0.15) is 13.2 Å². The maximum Gasteiger partial charge on any atom is 0.416 e. The molecular formula is C17H22F3NO3. The molecule has 1 aromatic rings. The number of rotatable bonds is 6. The molecular weight excluding hydrogens is 323 g/mol. The lowest BCUT2D eigenvalue weighted by atomic mass is 9.79. The van der Waals surface area contributed by atoms with Gasteiger partial charge in [0.15, 0.2) is 0 Å². The number of hydrogen-bond donors (Lipinski definition) is 2. The molecule has 1 aliphatic heterocycles. The molecule has 134 valence electrons. The smallest absolute Gasteiger partial charge is 0.394 e. The first-order chi connectivity index (χ1) is 11.3. The predicted octanol–water partition coefficient (Wildman–Crippen LogP) is 2.54. The lowest BCUT2D eigenvalue weighted by molar-refractivity contribution is -0.137. The first-order valence-corrected chi connectivity index (χ1v) is 7.96. The van der Waals surface area contributed by atoms with Crippen molar-refractivity contribution in [1.29, 1.82) is 0 Å². The van der Waals surface area contributed by atoms with Gasteiger partial charge in [0, 0.05) is 6.61 Å². The van der Waals surface area contributed by atoms with E-state index < -0.39 is 17.2 Å². The standard InChI is InChI=1S/C17H22F3NO3/c1-2-14(10-22)21-15(23)16(7-8-24-11-16)9-12-3-5-13(6-4-12)17(18,19)20/h3-6,14,22H,2,7-11H2,1H3,(H,21,23)/t14-,16+/m1/s1. The highest BCUT2D eigenvalue weighted by atomic mass is 19.4. The van der Waals surface area contributed by atoms with E-state index in [2.05, 4.69) is 5.32 Å². The summed E-state index contributed by atoms with van der Waals surface area (Å²) in [7, 11) is 0. The number of benzene rings is 1. The van der Waals surface area contributed by atoms with Crippen LogP contribution in [0.1, 0.15) is 30.9 Å². The Balaban J connectivity index is 2.14. The van der Waals surface area contributed by atoms with Gasteiger partial charge in [-0.3, -0.25) is 4.79 Å². The normalized spacial score (nSPS) is 22.4. The number of halogens is 3. The average Bonchev–Trinajstić information content (AvgIpc) is 3.01. The second-order valence-corrected chi connectivity index (χ2v) is 6.22. The van der Waals surface area contributed by atoms with Gasteiger partial charge in [0.05, 0.1) is 30.2 Å². The van der Waals surface area contributed by atoms with Gasteiger partial charge in [-0.05, 0) is 37.0 Å². The molecule has 1 fully saturated rings. The molecule has 2 rings (SSSR count). The van der Waals surface area contributed by atoms with Crippen molar-refractivity contribution in [2.75, 3.05) is 19.8 Å². The molecule has 1 aliphatic rings. The van der Waals surface area contributed by atoms with Gasteiger partial charge in [-0.15, -0.1) is 0 Å². The summed E-state index contributed by atoms with van der Waals surface area (Å²) < 4.78 is 43.3. The van der Waals surface area contributed by atoms with Crippen LogP contribution in [0.15, 0.2) is 24.3 Å². The number of aliphatic hydroxyl groups excluding tert-OH is 1. The fourth-order valence-corrected chi connectivity index (χ4v) is 2.82. The number of carbonyl (C=O) groups excluding carboxylic acids is 1. The van der Waals surface area contributed by atoms with Crippen LogP contribution in [-0.4, -0.2) is 36.9 Å². The number of nitrogens with one attached hydrogen (secondary N) is 1. The zero-order valence-corrected chi connectivity index (χ0v) is 13.5. The molecule has 2 atom stereocenters. The minimum Gasteiger partial charge on any atom is -0.394 e. The Labute approximate surface area is 139 Å². The molecule has 2 N–H and O–H groups in total. The third-order valence-corrected chi connectivity index (χ3v) is 4.46. The summed E-state index contributed by atoms with van der Waals surface area (Å²) >= 11 is 0. The maximum atomic E-state index is 12.6. The maximum absolute atomic E-state index is 12.6.